The van der Waals surface area contributed by atoms with Crippen molar-refractivity contribution in [1.29, 1.82) is 0 Å². The van der Waals surface area contributed by atoms with Crippen molar-refractivity contribution in [2.75, 3.05) is 76.0 Å². The molecular weight excluding hydrogens is 702 g/mol. The average Bonchev–Trinajstić information content (AvgIpc) is 3.72. The molecule has 2 aliphatic heterocycles. The topological polar surface area (TPSA) is 13.0 Å². The van der Waals surface area contributed by atoms with Gasteiger partial charge >= 0.3 is 0 Å². The van der Waals surface area contributed by atoms with Crippen LogP contribution in [0, 0.1) is 0 Å². The summed E-state index contributed by atoms with van der Waals surface area (Å²) >= 11 is 0. The van der Waals surface area contributed by atoms with Gasteiger partial charge in [0.15, 0.2) is 0 Å². The first-order chi connectivity index (χ1) is 27.8. The van der Waals surface area contributed by atoms with E-state index >= 15 is 0 Å². The average molecular weight is 755 g/mol. The molecule has 0 aromatic heterocycles. The highest BCUT2D eigenvalue weighted by Gasteiger charge is 2.43. The predicted molar refractivity (Wildman–Crippen MR) is 259 cm³/mol. The molecule has 4 nitrogen and oxygen atoms in total. The maximum atomic E-state index is 2.65. The summed E-state index contributed by atoms with van der Waals surface area (Å²) in [6.45, 7) is 7.02. The first kappa shape index (κ1) is 36.5. The van der Waals surface area contributed by atoms with Crippen molar-refractivity contribution in [2.24, 2.45) is 0 Å². The first-order valence-corrected chi connectivity index (χ1v) is 20.7. The molecular formula is C52H52B2N4. The standard InChI is InChI=1S/C52H52B2N4/c1-52(2,3)33-28-31-24-26-38-40(53-48-34(16-12-20-42(48)55(4)5)35-17-13-21-43(49(35)53)56(6)7)30-41(39-27-25-32(29-33)46(31)47(38)39)54-50-36(18-14-22-44(50)57(8)9)37-19-15-23-45(51(37)54)58(10)11/h12-30H,1-11H3. The number of hydrogen-bond donors (Lipinski definition) is 0. The van der Waals surface area contributed by atoms with Gasteiger partial charge in [0.2, 0.25) is 13.4 Å². The molecule has 10 rings (SSSR count). The lowest BCUT2D eigenvalue weighted by atomic mass is 9.34. The second kappa shape index (κ2) is 12.8. The molecule has 0 atom stereocenters. The second-order valence-corrected chi connectivity index (χ2v) is 18.6. The number of benzene rings is 8. The molecule has 0 fully saturated rings. The minimum Gasteiger partial charge on any atom is -0.378 e. The zero-order valence-electron chi connectivity index (χ0n) is 35.9. The summed E-state index contributed by atoms with van der Waals surface area (Å²) in [5.74, 6) is 0. The van der Waals surface area contributed by atoms with Crippen molar-refractivity contribution in [3.63, 3.8) is 0 Å². The van der Waals surface area contributed by atoms with Gasteiger partial charge in [0, 0.05) is 79.1 Å². The van der Waals surface area contributed by atoms with Crippen molar-refractivity contribution in [3.05, 3.63) is 121 Å². The van der Waals surface area contributed by atoms with Crippen LogP contribution >= 0.6 is 0 Å². The van der Waals surface area contributed by atoms with Gasteiger partial charge in [-0.15, -0.1) is 0 Å². The van der Waals surface area contributed by atoms with E-state index in [9.17, 15) is 0 Å². The molecule has 0 radical (unpaired) electrons. The molecule has 0 unspecified atom stereocenters. The van der Waals surface area contributed by atoms with Gasteiger partial charge < -0.3 is 19.6 Å². The van der Waals surface area contributed by atoms with E-state index in [-0.39, 0.29) is 18.8 Å². The zero-order valence-corrected chi connectivity index (χ0v) is 35.9. The summed E-state index contributed by atoms with van der Waals surface area (Å²) in [6, 6.07) is 44.9. The Morgan fingerprint density at radius 3 is 1.00 bits per heavy atom. The molecule has 0 spiro atoms. The normalized spacial score (nSPS) is 13.0. The van der Waals surface area contributed by atoms with E-state index in [0.717, 1.165) is 0 Å². The number of fused-ring (bicyclic) bond motifs is 6. The molecule has 0 N–H and O–H groups in total. The van der Waals surface area contributed by atoms with Crippen LogP contribution in [0.5, 0.6) is 0 Å². The van der Waals surface area contributed by atoms with Gasteiger partial charge in [0.25, 0.3) is 0 Å². The van der Waals surface area contributed by atoms with Crippen molar-refractivity contribution in [3.8, 4) is 22.3 Å². The SMILES string of the molecule is CN(C)c1cccc2c1B(c1cc(B3c4c(cccc4N(C)C)-c4cccc(N(C)C)c43)c3ccc4cc(C(C)(C)C)cc5ccc1c3c54)c1c-2cccc1N(C)C. The predicted octanol–water partition coefficient (Wildman–Crippen LogP) is 7.14. The van der Waals surface area contributed by atoms with E-state index in [1.165, 1.54) is 116 Å². The quantitative estimate of drug-likeness (QED) is 0.132. The van der Waals surface area contributed by atoms with Gasteiger partial charge in [0.05, 0.1) is 0 Å². The minimum atomic E-state index is 0.0178. The second-order valence-electron chi connectivity index (χ2n) is 18.6. The van der Waals surface area contributed by atoms with Gasteiger partial charge in [-0.3, -0.25) is 0 Å². The Balaban J connectivity index is 1.41. The Hall–Kier alpha value is -5.87. The van der Waals surface area contributed by atoms with E-state index in [0.29, 0.717) is 0 Å². The van der Waals surface area contributed by atoms with Crippen molar-refractivity contribution in [1.82, 2.24) is 0 Å². The van der Waals surface area contributed by atoms with E-state index in [1.807, 2.05) is 0 Å². The summed E-state index contributed by atoms with van der Waals surface area (Å²) in [7, 11) is 17.6. The summed E-state index contributed by atoms with van der Waals surface area (Å²) in [4.78, 5) is 9.25. The molecule has 0 saturated carbocycles. The highest BCUT2D eigenvalue weighted by molar-refractivity contribution is 7.05. The van der Waals surface area contributed by atoms with Gasteiger partial charge in [-0.1, -0.05) is 123 Å². The molecule has 0 amide bonds. The van der Waals surface area contributed by atoms with Crippen LogP contribution in [0.25, 0.3) is 54.6 Å². The van der Waals surface area contributed by atoms with Crippen LogP contribution < -0.4 is 52.4 Å². The van der Waals surface area contributed by atoms with Gasteiger partial charge in [0.1, 0.15) is 0 Å². The van der Waals surface area contributed by atoms with Crippen LogP contribution in [0.15, 0.2) is 115 Å². The lowest BCUT2D eigenvalue weighted by Crippen LogP contribution is -2.56. The smallest absolute Gasteiger partial charge is 0.248 e. The fourth-order valence-electron chi connectivity index (χ4n) is 10.7. The molecule has 0 bridgehead atoms. The molecule has 8 aromatic rings. The summed E-state index contributed by atoms with van der Waals surface area (Å²) < 4.78 is 0. The Kier molecular flexibility index (Phi) is 8.06. The Morgan fingerprint density at radius 1 is 0.379 bits per heavy atom. The highest BCUT2D eigenvalue weighted by Crippen LogP contribution is 2.40. The Bertz CT molecular complexity index is 2670. The van der Waals surface area contributed by atoms with E-state index < -0.39 is 0 Å². The highest BCUT2D eigenvalue weighted by atomic mass is 15.1. The minimum absolute atomic E-state index is 0.0178. The fraction of sp³-hybridized carbons (Fsp3) is 0.231. The molecule has 0 saturated heterocycles. The van der Waals surface area contributed by atoms with Crippen LogP contribution in [0.4, 0.5) is 22.7 Å². The summed E-state index contributed by atoms with van der Waals surface area (Å²) in [5.41, 5.74) is 20.1. The molecule has 8 aromatic carbocycles. The van der Waals surface area contributed by atoms with E-state index in [2.05, 4.69) is 212 Å². The Labute approximate surface area is 345 Å². The lowest BCUT2D eigenvalue weighted by Gasteiger charge is -2.28. The first-order valence-electron chi connectivity index (χ1n) is 20.7. The van der Waals surface area contributed by atoms with Gasteiger partial charge in [-0.2, -0.15) is 0 Å². The number of rotatable bonds is 6. The number of nitrogens with zero attached hydrogens (tertiary/aromatic N) is 4. The van der Waals surface area contributed by atoms with Crippen LogP contribution in [0.3, 0.4) is 0 Å². The molecule has 2 heterocycles. The van der Waals surface area contributed by atoms with Crippen LogP contribution in [0.1, 0.15) is 26.3 Å². The molecule has 58 heavy (non-hydrogen) atoms. The van der Waals surface area contributed by atoms with E-state index in [4.69, 9.17) is 0 Å². The van der Waals surface area contributed by atoms with Crippen LogP contribution in [-0.4, -0.2) is 69.8 Å². The fourth-order valence-corrected chi connectivity index (χ4v) is 10.7. The monoisotopic (exact) mass is 754 g/mol. The zero-order chi connectivity index (χ0) is 40.5. The van der Waals surface area contributed by atoms with Crippen molar-refractivity contribution >= 4 is 101 Å². The maximum Gasteiger partial charge on any atom is 0.248 e. The third-order valence-corrected chi connectivity index (χ3v) is 13.3. The number of hydrogen-bond acceptors (Lipinski definition) is 4. The maximum absolute atomic E-state index is 2.65. The van der Waals surface area contributed by atoms with E-state index in [1.54, 1.807) is 0 Å². The number of anilines is 4. The largest absolute Gasteiger partial charge is 0.378 e. The third-order valence-electron chi connectivity index (χ3n) is 13.3. The van der Waals surface area contributed by atoms with Crippen molar-refractivity contribution in [2.45, 2.75) is 26.2 Å². The van der Waals surface area contributed by atoms with Gasteiger partial charge in [-0.05, 0) is 112 Å². The molecule has 2 aliphatic rings. The lowest BCUT2D eigenvalue weighted by molar-refractivity contribution is 0.591. The molecule has 286 valence electrons. The van der Waals surface area contributed by atoms with Crippen molar-refractivity contribution < 1.29 is 0 Å². The molecule has 0 aliphatic carbocycles. The third kappa shape index (κ3) is 5.09. The molecule has 6 heteroatoms. The summed E-state index contributed by atoms with van der Waals surface area (Å²) in [6.07, 6.45) is 0. The summed E-state index contributed by atoms with van der Waals surface area (Å²) in [5, 5.41) is 8.05. The Morgan fingerprint density at radius 2 is 0.707 bits per heavy atom. The van der Waals surface area contributed by atoms with Crippen LogP contribution in [-0.2, 0) is 5.41 Å². The van der Waals surface area contributed by atoms with Gasteiger partial charge in [-0.25, -0.2) is 0 Å². The van der Waals surface area contributed by atoms with Crippen LogP contribution in [0.2, 0.25) is 0 Å².